The van der Waals surface area contributed by atoms with E-state index in [2.05, 4.69) is 4.98 Å². The van der Waals surface area contributed by atoms with Gasteiger partial charge in [-0.05, 0) is 6.07 Å². The zero-order valence-corrected chi connectivity index (χ0v) is 10.4. The summed E-state index contributed by atoms with van der Waals surface area (Å²) in [7, 11) is 0. The van der Waals surface area contributed by atoms with Crippen molar-refractivity contribution < 1.29 is 4.39 Å². The molecular weight excluding hydrogens is 249 g/mol. The first-order valence-corrected chi connectivity index (χ1v) is 6.53. The molecule has 0 saturated carbocycles. The molecule has 5 heteroatoms. The van der Waals surface area contributed by atoms with Gasteiger partial charge >= 0.3 is 0 Å². The third kappa shape index (κ3) is 2.02. The molecule has 0 amide bonds. The van der Waals surface area contributed by atoms with Crippen LogP contribution in [0, 0.1) is 5.82 Å². The van der Waals surface area contributed by atoms with Gasteiger partial charge in [-0.2, -0.15) is 0 Å². The highest BCUT2D eigenvalue weighted by Gasteiger charge is 2.13. The van der Waals surface area contributed by atoms with Crippen LogP contribution < -0.4 is 5.73 Å². The highest BCUT2D eigenvalue weighted by molar-refractivity contribution is 7.15. The Hall–Kier alpha value is -1.72. The average Bonchev–Trinajstić information content (AvgIpc) is 2.90. The molecule has 2 aromatic heterocycles. The summed E-state index contributed by atoms with van der Waals surface area (Å²) in [5.41, 5.74) is 7.46. The summed E-state index contributed by atoms with van der Waals surface area (Å²) < 4.78 is 15.5. The van der Waals surface area contributed by atoms with E-state index in [1.165, 1.54) is 6.07 Å². The number of fused-ring (bicyclic) bond motifs is 1. The predicted molar refractivity (Wildman–Crippen MR) is 70.1 cm³/mol. The molecule has 0 radical (unpaired) electrons. The lowest BCUT2D eigenvalue weighted by molar-refractivity contribution is 0.578. The Balaban J connectivity index is 1.84. The van der Waals surface area contributed by atoms with Gasteiger partial charge < -0.3 is 5.73 Å². The van der Waals surface area contributed by atoms with E-state index in [9.17, 15) is 4.39 Å². The fraction of sp³-hybridized carbons (Fsp3) is 0.154. The molecule has 0 saturated heterocycles. The van der Waals surface area contributed by atoms with Gasteiger partial charge in [0, 0.05) is 35.8 Å². The monoisotopic (exact) mass is 261 g/mol. The number of hydrogen-bond acceptors (Lipinski definition) is 3. The molecule has 0 spiro atoms. The van der Waals surface area contributed by atoms with E-state index in [0.29, 0.717) is 12.0 Å². The first-order valence-electron chi connectivity index (χ1n) is 5.65. The van der Waals surface area contributed by atoms with Crippen LogP contribution >= 0.6 is 11.3 Å². The molecule has 1 unspecified atom stereocenters. The van der Waals surface area contributed by atoms with E-state index >= 15 is 0 Å². The number of rotatable bonds is 3. The van der Waals surface area contributed by atoms with Gasteiger partial charge in [0.25, 0.3) is 0 Å². The standard InChI is InChI=1S/C13H12FN3S/c14-11-4-2-1-3-10(11)12(15)7-9-8-17-5-6-18-13(17)16-9/h1-6,8,12H,7,15H2. The summed E-state index contributed by atoms with van der Waals surface area (Å²) in [6, 6.07) is 6.25. The molecule has 18 heavy (non-hydrogen) atoms. The van der Waals surface area contributed by atoms with Gasteiger partial charge in [0.2, 0.25) is 0 Å². The Labute approximate surface area is 108 Å². The van der Waals surface area contributed by atoms with Crippen LogP contribution in [0.1, 0.15) is 17.3 Å². The van der Waals surface area contributed by atoms with Crippen molar-refractivity contribution in [2.75, 3.05) is 0 Å². The number of thiazole rings is 1. The fourth-order valence-corrected chi connectivity index (χ4v) is 2.70. The average molecular weight is 261 g/mol. The summed E-state index contributed by atoms with van der Waals surface area (Å²) >= 11 is 1.57. The number of imidazole rings is 1. The lowest BCUT2D eigenvalue weighted by Gasteiger charge is -2.10. The summed E-state index contributed by atoms with van der Waals surface area (Å²) in [6.45, 7) is 0. The molecule has 0 bridgehead atoms. The Morgan fingerprint density at radius 3 is 3.00 bits per heavy atom. The van der Waals surface area contributed by atoms with Crippen molar-refractivity contribution in [1.82, 2.24) is 9.38 Å². The summed E-state index contributed by atoms with van der Waals surface area (Å²) in [5.74, 6) is -0.258. The summed E-state index contributed by atoms with van der Waals surface area (Å²) in [5, 5.41) is 1.98. The maximum absolute atomic E-state index is 13.6. The second-order valence-corrected chi connectivity index (χ2v) is 5.03. The van der Waals surface area contributed by atoms with Crippen molar-refractivity contribution in [3.8, 4) is 0 Å². The molecule has 2 N–H and O–H groups in total. The second-order valence-electron chi connectivity index (χ2n) is 4.16. The molecule has 0 aliphatic heterocycles. The molecule has 3 aromatic rings. The molecule has 1 aromatic carbocycles. The van der Waals surface area contributed by atoms with Crippen molar-refractivity contribution in [1.29, 1.82) is 0 Å². The zero-order valence-electron chi connectivity index (χ0n) is 9.58. The number of aromatic nitrogens is 2. The Morgan fingerprint density at radius 1 is 1.39 bits per heavy atom. The van der Waals surface area contributed by atoms with E-state index in [0.717, 1.165) is 10.7 Å². The van der Waals surface area contributed by atoms with Gasteiger partial charge in [-0.15, -0.1) is 11.3 Å². The third-order valence-electron chi connectivity index (χ3n) is 2.88. The quantitative estimate of drug-likeness (QED) is 0.787. The molecule has 2 heterocycles. The second kappa shape index (κ2) is 4.51. The van der Waals surface area contributed by atoms with E-state index in [4.69, 9.17) is 5.73 Å². The normalized spacial score (nSPS) is 13.0. The van der Waals surface area contributed by atoms with Crippen LogP contribution in [0.25, 0.3) is 4.96 Å². The van der Waals surface area contributed by atoms with Crippen LogP contribution in [0.2, 0.25) is 0 Å². The molecule has 0 aliphatic rings. The predicted octanol–water partition coefficient (Wildman–Crippen LogP) is 2.78. The van der Waals surface area contributed by atoms with Gasteiger partial charge in [0.1, 0.15) is 5.82 Å². The third-order valence-corrected chi connectivity index (χ3v) is 3.65. The minimum absolute atomic E-state index is 0.258. The topological polar surface area (TPSA) is 43.3 Å². The number of nitrogens with zero attached hydrogens (tertiary/aromatic N) is 2. The van der Waals surface area contributed by atoms with Crippen LogP contribution in [-0.2, 0) is 6.42 Å². The highest BCUT2D eigenvalue weighted by atomic mass is 32.1. The van der Waals surface area contributed by atoms with Crippen LogP contribution in [0.4, 0.5) is 4.39 Å². The molecule has 1 atom stereocenters. The van der Waals surface area contributed by atoms with Gasteiger partial charge in [-0.3, -0.25) is 4.40 Å². The zero-order chi connectivity index (χ0) is 12.5. The van der Waals surface area contributed by atoms with Crippen LogP contribution in [0.15, 0.2) is 42.0 Å². The first kappa shape index (κ1) is 11.4. The molecule has 0 aliphatic carbocycles. The molecular formula is C13H12FN3S. The fourth-order valence-electron chi connectivity index (χ4n) is 1.99. The molecule has 92 valence electrons. The van der Waals surface area contributed by atoms with Crippen molar-refractivity contribution in [3.05, 3.63) is 59.1 Å². The van der Waals surface area contributed by atoms with Crippen LogP contribution in [0.3, 0.4) is 0 Å². The summed E-state index contributed by atoms with van der Waals surface area (Å²) in [4.78, 5) is 5.38. The minimum atomic E-state index is -0.365. The van der Waals surface area contributed by atoms with E-state index in [1.807, 2.05) is 22.2 Å². The first-order chi connectivity index (χ1) is 8.74. The SMILES string of the molecule is NC(Cc1cn2ccsc2n1)c1ccccc1F. The number of benzene rings is 1. The van der Waals surface area contributed by atoms with Gasteiger partial charge in [0.05, 0.1) is 5.69 Å². The van der Waals surface area contributed by atoms with E-state index < -0.39 is 0 Å². The smallest absolute Gasteiger partial charge is 0.193 e. The van der Waals surface area contributed by atoms with Gasteiger partial charge in [-0.1, -0.05) is 18.2 Å². The van der Waals surface area contributed by atoms with Crippen molar-refractivity contribution >= 4 is 16.3 Å². The Morgan fingerprint density at radius 2 is 2.22 bits per heavy atom. The molecule has 3 nitrogen and oxygen atoms in total. The lowest BCUT2D eigenvalue weighted by Crippen LogP contribution is -2.15. The van der Waals surface area contributed by atoms with E-state index in [1.54, 1.807) is 29.5 Å². The van der Waals surface area contributed by atoms with Gasteiger partial charge in [0.15, 0.2) is 4.96 Å². The van der Waals surface area contributed by atoms with Crippen molar-refractivity contribution in [3.63, 3.8) is 0 Å². The van der Waals surface area contributed by atoms with Gasteiger partial charge in [-0.25, -0.2) is 9.37 Å². The number of halogens is 1. The number of hydrogen-bond donors (Lipinski definition) is 1. The maximum Gasteiger partial charge on any atom is 0.193 e. The molecule has 3 rings (SSSR count). The summed E-state index contributed by atoms with van der Waals surface area (Å²) in [6.07, 6.45) is 4.42. The van der Waals surface area contributed by atoms with Crippen LogP contribution in [-0.4, -0.2) is 9.38 Å². The maximum atomic E-state index is 13.6. The Bertz CT molecular complexity index is 645. The van der Waals surface area contributed by atoms with Crippen molar-refractivity contribution in [2.24, 2.45) is 5.73 Å². The largest absolute Gasteiger partial charge is 0.324 e. The molecule has 0 fully saturated rings. The minimum Gasteiger partial charge on any atom is -0.324 e. The lowest BCUT2D eigenvalue weighted by atomic mass is 10.0. The van der Waals surface area contributed by atoms with Crippen molar-refractivity contribution in [2.45, 2.75) is 12.5 Å². The van der Waals surface area contributed by atoms with E-state index in [-0.39, 0.29) is 11.9 Å². The van der Waals surface area contributed by atoms with Crippen LogP contribution in [0.5, 0.6) is 0 Å². The highest BCUT2D eigenvalue weighted by Crippen LogP contribution is 2.20. The Kier molecular flexibility index (Phi) is 2.85. The number of nitrogens with two attached hydrogens (primary N) is 1.